The Morgan fingerprint density at radius 3 is 2.38 bits per heavy atom. The van der Waals surface area contributed by atoms with Gasteiger partial charge in [-0.15, -0.1) is 0 Å². The van der Waals surface area contributed by atoms with Gasteiger partial charge in [-0.2, -0.15) is 0 Å². The molecule has 1 saturated heterocycles. The Hall–Kier alpha value is -3.60. The molecule has 1 fully saturated rings. The van der Waals surface area contributed by atoms with Gasteiger partial charge in [0.05, 0.1) is 23.8 Å². The van der Waals surface area contributed by atoms with Crippen LogP contribution < -0.4 is 9.64 Å². The Morgan fingerprint density at radius 2 is 1.79 bits per heavy atom. The molecule has 11 heteroatoms. The summed E-state index contributed by atoms with van der Waals surface area (Å²) in [6.07, 6.45) is 4.84. The molecule has 0 bridgehead atoms. The summed E-state index contributed by atoms with van der Waals surface area (Å²) < 4.78 is 72.2. The second kappa shape index (κ2) is 11.3. The first kappa shape index (κ1) is 28.4. The fourth-order valence-electron chi connectivity index (χ4n) is 4.82. The maximum atomic E-state index is 14.3. The molecule has 3 aromatic rings. The highest BCUT2D eigenvalue weighted by atomic mass is 32.2. The van der Waals surface area contributed by atoms with E-state index in [0.717, 1.165) is 18.4 Å². The smallest absolute Gasteiger partial charge is 0.273 e. The van der Waals surface area contributed by atoms with Crippen LogP contribution in [-0.2, 0) is 15.8 Å². The van der Waals surface area contributed by atoms with Crippen molar-refractivity contribution in [3.63, 3.8) is 0 Å². The number of halogens is 3. The second-order valence-corrected chi connectivity index (χ2v) is 11.4. The number of amides is 1. The number of pyridine rings is 1. The SMILES string of the molecule is CCC(F)(F)c1ccc(N(c2cnccc2OC)C2CCN(C(=O)c3ccc(F)cc3S(C)(=O)=O)CC2)cc1. The predicted octanol–water partition coefficient (Wildman–Crippen LogP) is 5.58. The summed E-state index contributed by atoms with van der Waals surface area (Å²) in [5.74, 6) is -3.62. The summed E-state index contributed by atoms with van der Waals surface area (Å²) in [5, 5.41) is 0. The predicted molar refractivity (Wildman–Crippen MR) is 142 cm³/mol. The maximum absolute atomic E-state index is 14.3. The number of carbonyl (C=O) groups excluding carboxylic acids is 1. The van der Waals surface area contributed by atoms with Crippen molar-refractivity contribution in [3.8, 4) is 5.75 Å². The molecule has 2 aromatic carbocycles. The highest BCUT2D eigenvalue weighted by Gasteiger charge is 2.33. The largest absolute Gasteiger partial charge is 0.494 e. The number of carbonyl (C=O) groups is 1. The summed E-state index contributed by atoms with van der Waals surface area (Å²) >= 11 is 0. The Morgan fingerprint density at radius 1 is 1.13 bits per heavy atom. The molecule has 0 spiro atoms. The lowest BCUT2D eigenvalue weighted by atomic mass is 9.99. The van der Waals surface area contributed by atoms with Crippen molar-refractivity contribution >= 4 is 27.1 Å². The van der Waals surface area contributed by atoms with Crippen LogP contribution in [0.1, 0.15) is 42.1 Å². The minimum Gasteiger partial charge on any atom is -0.494 e. The van der Waals surface area contributed by atoms with Gasteiger partial charge >= 0.3 is 0 Å². The molecule has 208 valence electrons. The highest BCUT2D eigenvalue weighted by molar-refractivity contribution is 7.90. The lowest BCUT2D eigenvalue weighted by Crippen LogP contribution is -2.45. The molecule has 0 aliphatic carbocycles. The Bertz CT molecular complexity index is 1440. The molecule has 0 unspecified atom stereocenters. The molecule has 4 rings (SSSR count). The van der Waals surface area contributed by atoms with Crippen molar-refractivity contribution in [1.82, 2.24) is 9.88 Å². The van der Waals surface area contributed by atoms with E-state index in [4.69, 9.17) is 4.74 Å². The number of hydrogen-bond donors (Lipinski definition) is 0. The van der Waals surface area contributed by atoms with E-state index >= 15 is 0 Å². The Kier molecular flexibility index (Phi) is 8.20. The minimum absolute atomic E-state index is 0.0735. The second-order valence-electron chi connectivity index (χ2n) is 9.46. The van der Waals surface area contributed by atoms with Gasteiger partial charge in [0.1, 0.15) is 17.3 Å². The summed E-state index contributed by atoms with van der Waals surface area (Å²) in [4.78, 5) is 20.7. The van der Waals surface area contributed by atoms with E-state index in [9.17, 15) is 26.4 Å². The van der Waals surface area contributed by atoms with Gasteiger partial charge in [0.25, 0.3) is 11.8 Å². The van der Waals surface area contributed by atoms with Gasteiger partial charge in [-0.1, -0.05) is 19.1 Å². The lowest BCUT2D eigenvalue weighted by Gasteiger charge is -2.40. The number of aromatic nitrogens is 1. The Balaban J connectivity index is 1.62. The minimum atomic E-state index is -3.83. The molecule has 1 aliphatic heterocycles. The van der Waals surface area contributed by atoms with E-state index in [2.05, 4.69) is 4.98 Å². The fraction of sp³-hybridized carbons (Fsp3) is 0.357. The molecule has 1 aromatic heterocycles. The quantitative estimate of drug-likeness (QED) is 0.358. The van der Waals surface area contributed by atoms with Crippen LogP contribution >= 0.6 is 0 Å². The monoisotopic (exact) mass is 561 g/mol. The van der Waals surface area contributed by atoms with Gasteiger partial charge in [0.2, 0.25) is 0 Å². The number of alkyl halides is 2. The zero-order chi connectivity index (χ0) is 28.4. The summed E-state index contributed by atoms with van der Waals surface area (Å²) in [7, 11) is -2.30. The van der Waals surface area contributed by atoms with Crippen LogP contribution in [-0.4, -0.2) is 56.7 Å². The first-order valence-electron chi connectivity index (χ1n) is 12.5. The molecular weight excluding hydrogens is 531 g/mol. The van der Waals surface area contributed by atoms with E-state index in [1.165, 1.54) is 32.2 Å². The third-order valence-electron chi connectivity index (χ3n) is 6.94. The average Bonchev–Trinajstić information content (AvgIpc) is 2.93. The van der Waals surface area contributed by atoms with Crippen LogP contribution in [0.3, 0.4) is 0 Å². The average molecular weight is 562 g/mol. The molecule has 0 atom stereocenters. The molecule has 39 heavy (non-hydrogen) atoms. The molecular formula is C28H30F3N3O4S. The molecule has 1 aliphatic rings. The number of methoxy groups -OCH3 is 1. The normalized spacial score (nSPS) is 14.8. The zero-order valence-corrected chi connectivity index (χ0v) is 22.7. The fourth-order valence-corrected chi connectivity index (χ4v) is 5.70. The van der Waals surface area contributed by atoms with Crippen molar-refractivity contribution in [2.75, 3.05) is 31.4 Å². The topological polar surface area (TPSA) is 79.8 Å². The van der Waals surface area contributed by atoms with Crippen molar-refractivity contribution in [2.45, 2.75) is 43.0 Å². The van der Waals surface area contributed by atoms with E-state index < -0.39 is 27.5 Å². The highest BCUT2D eigenvalue weighted by Crippen LogP contribution is 2.39. The van der Waals surface area contributed by atoms with E-state index in [-0.39, 0.29) is 28.5 Å². The number of sulfone groups is 1. The van der Waals surface area contributed by atoms with Crippen LogP contribution in [0.15, 0.2) is 65.8 Å². The molecule has 0 saturated carbocycles. The number of piperidine rings is 1. The molecule has 0 N–H and O–H groups in total. The number of likely N-dealkylation sites (tertiary alicyclic amines) is 1. The number of rotatable bonds is 8. The number of anilines is 2. The van der Waals surface area contributed by atoms with Crippen LogP contribution in [0.25, 0.3) is 0 Å². The third-order valence-corrected chi connectivity index (χ3v) is 8.08. The van der Waals surface area contributed by atoms with Crippen LogP contribution in [0.2, 0.25) is 0 Å². The summed E-state index contributed by atoms with van der Waals surface area (Å²) in [6.45, 7) is 2.03. The van der Waals surface area contributed by atoms with Crippen molar-refractivity contribution in [1.29, 1.82) is 0 Å². The van der Waals surface area contributed by atoms with Crippen LogP contribution in [0.4, 0.5) is 24.5 Å². The number of ether oxygens (including phenoxy) is 1. The number of benzene rings is 2. The summed E-state index contributed by atoms with van der Waals surface area (Å²) in [5.41, 5.74) is 1.17. The zero-order valence-electron chi connectivity index (χ0n) is 21.9. The van der Waals surface area contributed by atoms with Gasteiger partial charge in [-0.25, -0.2) is 21.6 Å². The number of nitrogens with zero attached hydrogens (tertiary/aromatic N) is 3. The van der Waals surface area contributed by atoms with Crippen molar-refractivity contribution in [3.05, 3.63) is 77.9 Å². The molecule has 1 amide bonds. The molecule has 2 heterocycles. The third kappa shape index (κ3) is 6.03. The summed E-state index contributed by atoms with van der Waals surface area (Å²) in [6, 6.07) is 10.8. The molecule has 0 radical (unpaired) electrons. The molecule has 7 nitrogen and oxygen atoms in total. The van der Waals surface area contributed by atoms with E-state index in [1.54, 1.807) is 35.5 Å². The standard InChI is InChI=1S/C28H30F3N3O4S/c1-4-28(30,31)19-5-8-21(9-6-19)34(24-18-32-14-11-25(24)38-2)22-12-15-33(16-13-22)27(35)23-10-7-20(29)17-26(23)39(3,36)37/h5-11,14,17-18,22H,4,12-13,15-16H2,1-3H3. The van der Waals surface area contributed by atoms with Gasteiger partial charge in [-0.05, 0) is 43.2 Å². The number of hydrogen-bond acceptors (Lipinski definition) is 6. The van der Waals surface area contributed by atoms with Crippen molar-refractivity contribution in [2.24, 2.45) is 0 Å². The van der Waals surface area contributed by atoms with Gasteiger partial charge in [-0.3, -0.25) is 9.78 Å². The lowest BCUT2D eigenvalue weighted by molar-refractivity contribution is -0.00827. The maximum Gasteiger partial charge on any atom is 0.273 e. The van der Waals surface area contributed by atoms with Gasteiger partial charge in [0, 0.05) is 55.3 Å². The van der Waals surface area contributed by atoms with Gasteiger partial charge in [0.15, 0.2) is 9.84 Å². The first-order chi connectivity index (χ1) is 18.5. The van der Waals surface area contributed by atoms with E-state index in [0.29, 0.717) is 43.1 Å². The Labute approximate surface area is 226 Å². The van der Waals surface area contributed by atoms with Crippen LogP contribution in [0, 0.1) is 5.82 Å². The van der Waals surface area contributed by atoms with Crippen LogP contribution in [0.5, 0.6) is 5.75 Å². The van der Waals surface area contributed by atoms with E-state index in [1.807, 2.05) is 4.90 Å². The van der Waals surface area contributed by atoms with Gasteiger partial charge < -0.3 is 14.5 Å². The first-order valence-corrected chi connectivity index (χ1v) is 14.4. The van der Waals surface area contributed by atoms with Crippen molar-refractivity contribution < 1.29 is 31.1 Å².